The summed E-state index contributed by atoms with van der Waals surface area (Å²) in [6.45, 7) is 0. The van der Waals surface area contributed by atoms with Crippen molar-refractivity contribution in [2.24, 2.45) is 0 Å². The minimum absolute atomic E-state index is 0.659. The van der Waals surface area contributed by atoms with Crippen LogP contribution < -0.4 is 4.74 Å². The van der Waals surface area contributed by atoms with Crippen LogP contribution in [0.2, 0.25) is 0 Å². The van der Waals surface area contributed by atoms with Crippen LogP contribution in [-0.2, 0) is 12.8 Å². The number of ether oxygens (including phenoxy) is 1. The van der Waals surface area contributed by atoms with Crippen molar-refractivity contribution in [2.45, 2.75) is 25.4 Å². The average molecular weight is 333 g/mol. The molecule has 1 aliphatic rings. The molecule has 2 aromatic carbocycles. The van der Waals surface area contributed by atoms with Crippen molar-refractivity contribution in [1.82, 2.24) is 0 Å². The molecule has 3 heteroatoms. The van der Waals surface area contributed by atoms with E-state index >= 15 is 0 Å². The molecule has 0 radical (unpaired) electrons. The number of fused-ring (bicyclic) bond motifs is 1. The lowest BCUT2D eigenvalue weighted by Gasteiger charge is -2.16. The topological polar surface area (TPSA) is 29.5 Å². The Morgan fingerprint density at radius 1 is 1.10 bits per heavy atom. The van der Waals surface area contributed by atoms with Gasteiger partial charge in [-0.1, -0.05) is 34.1 Å². The van der Waals surface area contributed by atoms with Crippen LogP contribution in [0.25, 0.3) is 0 Å². The third-order valence-corrected chi connectivity index (χ3v) is 4.42. The van der Waals surface area contributed by atoms with Gasteiger partial charge in [0, 0.05) is 10.0 Å². The molecule has 1 atom stereocenters. The molecule has 2 nitrogen and oxygen atoms in total. The Morgan fingerprint density at radius 3 is 2.70 bits per heavy atom. The number of aryl methyl sites for hydroxylation is 2. The molecule has 1 unspecified atom stereocenters. The molecule has 0 saturated heterocycles. The van der Waals surface area contributed by atoms with E-state index in [-0.39, 0.29) is 0 Å². The van der Waals surface area contributed by atoms with Crippen molar-refractivity contribution in [3.05, 3.63) is 63.1 Å². The normalized spacial score (nSPS) is 14.9. The Hall–Kier alpha value is -1.32. The smallest absolute Gasteiger partial charge is 0.125 e. The minimum atomic E-state index is -0.659. The first-order chi connectivity index (χ1) is 9.69. The van der Waals surface area contributed by atoms with Gasteiger partial charge in [0.05, 0.1) is 7.11 Å². The van der Waals surface area contributed by atoms with Gasteiger partial charge in [0.15, 0.2) is 0 Å². The van der Waals surface area contributed by atoms with Gasteiger partial charge in [-0.25, -0.2) is 0 Å². The molecule has 0 amide bonds. The van der Waals surface area contributed by atoms with Gasteiger partial charge in [0.2, 0.25) is 0 Å². The highest BCUT2D eigenvalue weighted by Gasteiger charge is 2.18. The van der Waals surface area contributed by atoms with Crippen LogP contribution in [0, 0.1) is 0 Å². The zero-order valence-corrected chi connectivity index (χ0v) is 13.0. The maximum atomic E-state index is 10.7. The number of halogens is 1. The van der Waals surface area contributed by atoms with Gasteiger partial charge >= 0.3 is 0 Å². The molecule has 1 N–H and O–H groups in total. The largest absolute Gasteiger partial charge is 0.496 e. The fourth-order valence-corrected chi connectivity index (χ4v) is 3.24. The third kappa shape index (κ3) is 2.48. The highest BCUT2D eigenvalue weighted by atomic mass is 79.9. The second-order valence-electron chi connectivity index (χ2n) is 5.17. The summed E-state index contributed by atoms with van der Waals surface area (Å²) in [4.78, 5) is 0. The molecule has 0 fully saturated rings. The van der Waals surface area contributed by atoms with Crippen molar-refractivity contribution in [1.29, 1.82) is 0 Å². The maximum Gasteiger partial charge on any atom is 0.125 e. The third-order valence-electron chi connectivity index (χ3n) is 3.92. The van der Waals surface area contributed by atoms with Crippen molar-refractivity contribution < 1.29 is 9.84 Å². The molecule has 0 heterocycles. The van der Waals surface area contributed by atoms with E-state index in [4.69, 9.17) is 4.74 Å². The summed E-state index contributed by atoms with van der Waals surface area (Å²) in [5.41, 5.74) is 4.51. The van der Waals surface area contributed by atoms with Crippen LogP contribution in [0.15, 0.2) is 40.9 Å². The van der Waals surface area contributed by atoms with E-state index in [0.29, 0.717) is 5.75 Å². The van der Waals surface area contributed by atoms with Gasteiger partial charge in [0.25, 0.3) is 0 Å². The summed E-state index contributed by atoms with van der Waals surface area (Å²) < 4.78 is 6.29. The Balaban J connectivity index is 2.00. The Morgan fingerprint density at radius 2 is 1.90 bits per heavy atom. The zero-order chi connectivity index (χ0) is 14.1. The first-order valence-electron chi connectivity index (χ1n) is 6.82. The fraction of sp³-hybridized carbons (Fsp3) is 0.294. The van der Waals surface area contributed by atoms with Gasteiger partial charge in [-0.05, 0) is 54.2 Å². The van der Waals surface area contributed by atoms with Crippen LogP contribution in [0.3, 0.4) is 0 Å². The number of hydrogen-bond acceptors (Lipinski definition) is 2. The highest BCUT2D eigenvalue weighted by Crippen LogP contribution is 2.34. The molecule has 104 valence electrons. The standard InChI is InChI=1S/C17H17BrO2/c1-20-16-8-7-14(18)10-15(16)17(19)13-6-5-11-3-2-4-12(11)9-13/h5-10,17,19H,2-4H2,1H3. The van der Waals surface area contributed by atoms with Gasteiger partial charge in [-0.2, -0.15) is 0 Å². The first-order valence-corrected chi connectivity index (χ1v) is 7.61. The molecule has 20 heavy (non-hydrogen) atoms. The van der Waals surface area contributed by atoms with Crippen LogP contribution >= 0.6 is 15.9 Å². The van der Waals surface area contributed by atoms with Gasteiger partial charge in [0.1, 0.15) is 11.9 Å². The van der Waals surface area contributed by atoms with E-state index in [9.17, 15) is 5.11 Å². The highest BCUT2D eigenvalue weighted by molar-refractivity contribution is 9.10. The van der Waals surface area contributed by atoms with E-state index in [0.717, 1.165) is 28.4 Å². The minimum Gasteiger partial charge on any atom is -0.496 e. The van der Waals surface area contributed by atoms with Gasteiger partial charge in [-0.3, -0.25) is 0 Å². The molecule has 0 spiro atoms. The number of hydrogen-bond donors (Lipinski definition) is 1. The molecular formula is C17H17BrO2. The molecule has 0 saturated carbocycles. The average Bonchev–Trinajstić information content (AvgIpc) is 2.93. The van der Waals surface area contributed by atoms with Crippen molar-refractivity contribution >= 4 is 15.9 Å². The first kappa shape index (κ1) is 13.7. The van der Waals surface area contributed by atoms with Crippen LogP contribution in [0.1, 0.15) is 34.8 Å². The summed E-state index contributed by atoms with van der Waals surface area (Å²) in [6.07, 6.45) is 2.83. The number of aliphatic hydroxyl groups excluding tert-OH is 1. The summed E-state index contributed by atoms with van der Waals surface area (Å²) in [6, 6.07) is 12.0. The fourth-order valence-electron chi connectivity index (χ4n) is 2.86. The zero-order valence-electron chi connectivity index (χ0n) is 11.4. The predicted molar refractivity (Wildman–Crippen MR) is 83.2 cm³/mol. The second kappa shape index (κ2) is 5.58. The van der Waals surface area contributed by atoms with Crippen LogP contribution in [-0.4, -0.2) is 12.2 Å². The van der Waals surface area contributed by atoms with E-state index in [1.807, 2.05) is 24.3 Å². The molecule has 2 aromatic rings. The predicted octanol–water partition coefficient (Wildman–Crippen LogP) is 4.03. The van der Waals surface area contributed by atoms with Gasteiger partial charge in [-0.15, -0.1) is 0 Å². The quantitative estimate of drug-likeness (QED) is 0.919. The lowest BCUT2D eigenvalue weighted by atomic mass is 9.97. The van der Waals surface area contributed by atoms with E-state index < -0.39 is 6.10 Å². The van der Waals surface area contributed by atoms with E-state index in [1.165, 1.54) is 17.5 Å². The van der Waals surface area contributed by atoms with Crippen molar-refractivity contribution in [3.8, 4) is 5.75 Å². The number of aliphatic hydroxyl groups is 1. The van der Waals surface area contributed by atoms with Crippen molar-refractivity contribution in [2.75, 3.05) is 7.11 Å². The van der Waals surface area contributed by atoms with Crippen LogP contribution in [0.5, 0.6) is 5.75 Å². The molecule has 1 aliphatic carbocycles. The Bertz CT molecular complexity index is 637. The summed E-state index contributed by atoms with van der Waals surface area (Å²) in [5, 5.41) is 10.7. The maximum absolute atomic E-state index is 10.7. The van der Waals surface area contributed by atoms with E-state index in [1.54, 1.807) is 7.11 Å². The molecule has 0 aromatic heterocycles. The number of methoxy groups -OCH3 is 1. The number of benzene rings is 2. The summed E-state index contributed by atoms with van der Waals surface area (Å²) in [7, 11) is 1.63. The van der Waals surface area contributed by atoms with Crippen molar-refractivity contribution in [3.63, 3.8) is 0 Å². The second-order valence-corrected chi connectivity index (χ2v) is 6.09. The monoisotopic (exact) mass is 332 g/mol. The van der Waals surface area contributed by atoms with Gasteiger partial charge < -0.3 is 9.84 Å². The Labute approximate surface area is 127 Å². The molecule has 0 bridgehead atoms. The van der Waals surface area contributed by atoms with Crippen LogP contribution in [0.4, 0.5) is 0 Å². The molecular weight excluding hydrogens is 316 g/mol. The van der Waals surface area contributed by atoms with E-state index in [2.05, 4.69) is 28.1 Å². The number of rotatable bonds is 3. The molecule has 3 rings (SSSR count). The lowest BCUT2D eigenvalue weighted by Crippen LogP contribution is -2.03. The SMILES string of the molecule is COc1ccc(Br)cc1C(O)c1ccc2c(c1)CCC2. The summed E-state index contributed by atoms with van der Waals surface area (Å²) >= 11 is 3.45. The summed E-state index contributed by atoms with van der Waals surface area (Å²) in [5.74, 6) is 0.709. The lowest BCUT2D eigenvalue weighted by molar-refractivity contribution is 0.214. The Kier molecular flexibility index (Phi) is 3.81. The molecule has 0 aliphatic heterocycles.